The minimum absolute atomic E-state index is 0.0181. The normalized spacial score (nSPS) is 15.5. The highest BCUT2D eigenvalue weighted by atomic mass is 35.5. The number of hydrogen-bond acceptors (Lipinski definition) is 5. The summed E-state index contributed by atoms with van der Waals surface area (Å²) in [7, 11) is 2.92. The van der Waals surface area contributed by atoms with E-state index in [0.29, 0.717) is 27.8 Å². The number of ether oxygens (including phenoxy) is 2. The quantitative estimate of drug-likeness (QED) is 0.778. The first-order chi connectivity index (χ1) is 13.4. The Balaban J connectivity index is 1.62. The summed E-state index contributed by atoms with van der Waals surface area (Å²) in [6.07, 6.45) is 1.66. The summed E-state index contributed by atoms with van der Waals surface area (Å²) in [6, 6.07) is 7.56. The molecule has 1 aliphatic carbocycles. The predicted molar refractivity (Wildman–Crippen MR) is 102 cm³/mol. The number of anilines is 1. The molecule has 1 saturated carbocycles. The Morgan fingerprint density at radius 2 is 1.71 bits per heavy atom. The number of fused-ring (bicyclic) bond motifs is 1. The lowest BCUT2D eigenvalue weighted by Crippen LogP contribution is -2.31. The number of halogens is 1. The number of methoxy groups -OCH3 is 2. The van der Waals surface area contributed by atoms with E-state index in [1.54, 1.807) is 6.07 Å². The number of carbonyl (C=O) groups excluding carboxylic acids is 3. The van der Waals surface area contributed by atoms with Crippen LogP contribution in [0.4, 0.5) is 5.69 Å². The topological polar surface area (TPSA) is 84.9 Å². The van der Waals surface area contributed by atoms with Crippen LogP contribution < -0.4 is 14.8 Å². The number of rotatable bonds is 5. The molecular weight excluding hydrogens is 384 g/mol. The molecule has 1 aliphatic heterocycles. The van der Waals surface area contributed by atoms with Crippen molar-refractivity contribution < 1.29 is 23.9 Å². The number of nitrogens with zero attached hydrogens (tertiary/aromatic N) is 1. The van der Waals surface area contributed by atoms with Crippen LogP contribution in [0.2, 0.25) is 5.02 Å². The van der Waals surface area contributed by atoms with Gasteiger partial charge in [-0.15, -0.1) is 0 Å². The van der Waals surface area contributed by atoms with Crippen LogP contribution in [0.15, 0.2) is 30.3 Å². The summed E-state index contributed by atoms with van der Waals surface area (Å²) >= 11 is 6.08. The van der Waals surface area contributed by atoms with Crippen LogP contribution in [0.5, 0.6) is 11.5 Å². The number of nitrogens with one attached hydrogen (secondary N) is 1. The minimum atomic E-state index is -0.449. The number of benzene rings is 2. The van der Waals surface area contributed by atoms with Crippen LogP contribution in [0.1, 0.15) is 43.9 Å². The highest BCUT2D eigenvalue weighted by molar-refractivity contribution is 6.32. The van der Waals surface area contributed by atoms with Gasteiger partial charge in [-0.2, -0.15) is 0 Å². The highest BCUT2D eigenvalue weighted by Crippen LogP contribution is 2.37. The van der Waals surface area contributed by atoms with E-state index in [9.17, 15) is 14.4 Å². The van der Waals surface area contributed by atoms with Gasteiger partial charge in [-0.25, -0.2) is 0 Å². The maximum absolute atomic E-state index is 12.7. The molecule has 2 aromatic rings. The average molecular weight is 401 g/mol. The average Bonchev–Trinajstić information content (AvgIpc) is 3.49. The van der Waals surface area contributed by atoms with Gasteiger partial charge in [-0.1, -0.05) is 11.6 Å². The number of amides is 3. The molecule has 0 unspecified atom stereocenters. The Morgan fingerprint density at radius 1 is 1.04 bits per heavy atom. The van der Waals surface area contributed by atoms with Crippen molar-refractivity contribution in [2.24, 2.45) is 0 Å². The number of hydrogen-bond donors (Lipinski definition) is 1. The van der Waals surface area contributed by atoms with E-state index in [0.717, 1.165) is 12.8 Å². The van der Waals surface area contributed by atoms with E-state index >= 15 is 0 Å². The zero-order valence-electron chi connectivity index (χ0n) is 15.2. The van der Waals surface area contributed by atoms with E-state index in [2.05, 4.69) is 5.32 Å². The maximum Gasteiger partial charge on any atom is 0.261 e. The summed E-state index contributed by atoms with van der Waals surface area (Å²) in [6.45, 7) is 0. The van der Waals surface area contributed by atoms with Gasteiger partial charge in [-0.05, 0) is 31.0 Å². The lowest BCUT2D eigenvalue weighted by atomic mass is 10.1. The molecule has 0 atom stereocenters. The Labute approximate surface area is 166 Å². The molecule has 1 heterocycles. The van der Waals surface area contributed by atoms with Crippen LogP contribution in [0.25, 0.3) is 0 Å². The molecule has 0 spiro atoms. The van der Waals surface area contributed by atoms with Crippen molar-refractivity contribution in [1.29, 1.82) is 0 Å². The van der Waals surface area contributed by atoms with E-state index < -0.39 is 5.91 Å². The molecule has 4 rings (SSSR count). The predicted octanol–water partition coefficient (Wildman–Crippen LogP) is 3.37. The molecule has 2 aromatic carbocycles. The Bertz CT molecular complexity index is 1020. The van der Waals surface area contributed by atoms with Crippen molar-refractivity contribution in [1.82, 2.24) is 4.90 Å². The van der Waals surface area contributed by atoms with Crippen LogP contribution in [0.3, 0.4) is 0 Å². The minimum Gasteiger partial charge on any atom is -0.495 e. The molecule has 0 aromatic heterocycles. The largest absolute Gasteiger partial charge is 0.495 e. The second kappa shape index (κ2) is 6.83. The van der Waals surface area contributed by atoms with Gasteiger partial charge in [0.25, 0.3) is 17.7 Å². The summed E-state index contributed by atoms with van der Waals surface area (Å²) in [4.78, 5) is 39.0. The molecule has 8 heteroatoms. The van der Waals surface area contributed by atoms with E-state index in [-0.39, 0.29) is 29.0 Å². The molecule has 144 valence electrons. The second-order valence-electron chi connectivity index (χ2n) is 6.61. The van der Waals surface area contributed by atoms with Crippen LogP contribution in [0, 0.1) is 0 Å². The zero-order valence-corrected chi connectivity index (χ0v) is 16.0. The van der Waals surface area contributed by atoms with Crippen LogP contribution in [-0.4, -0.2) is 42.9 Å². The van der Waals surface area contributed by atoms with Crippen molar-refractivity contribution in [3.8, 4) is 11.5 Å². The third kappa shape index (κ3) is 2.97. The second-order valence-corrected chi connectivity index (χ2v) is 7.02. The number of carbonyl (C=O) groups is 3. The molecule has 0 saturated heterocycles. The van der Waals surface area contributed by atoms with Gasteiger partial charge < -0.3 is 14.8 Å². The van der Waals surface area contributed by atoms with E-state index in [4.69, 9.17) is 21.1 Å². The van der Waals surface area contributed by atoms with Gasteiger partial charge in [0.05, 0.1) is 36.1 Å². The number of imide groups is 1. The third-order valence-electron chi connectivity index (χ3n) is 4.81. The van der Waals surface area contributed by atoms with Crippen molar-refractivity contribution >= 4 is 35.0 Å². The monoisotopic (exact) mass is 400 g/mol. The molecule has 7 nitrogen and oxygen atoms in total. The van der Waals surface area contributed by atoms with Crippen molar-refractivity contribution in [3.63, 3.8) is 0 Å². The molecule has 2 aliphatic rings. The molecule has 1 fully saturated rings. The third-order valence-corrected chi connectivity index (χ3v) is 5.11. The van der Waals surface area contributed by atoms with Crippen LogP contribution in [-0.2, 0) is 0 Å². The molecule has 3 amide bonds. The molecule has 0 radical (unpaired) electrons. The summed E-state index contributed by atoms with van der Waals surface area (Å²) in [5, 5.41) is 3.08. The molecular formula is C20H17ClN2O5. The maximum atomic E-state index is 12.7. The van der Waals surface area contributed by atoms with Crippen molar-refractivity contribution in [2.75, 3.05) is 19.5 Å². The van der Waals surface area contributed by atoms with Gasteiger partial charge >= 0.3 is 0 Å². The first-order valence-electron chi connectivity index (χ1n) is 8.69. The first kappa shape index (κ1) is 18.3. The summed E-state index contributed by atoms with van der Waals surface area (Å²) in [5.41, 5.74) is 1.22. The Kier molecular flexibility index (Phi) is 4.47. The Morgan fingerprint density at radius 3 is 2.36 bits per heavy atom. The lowest BCUT2D eigenvalue weighted by Gasteiger charge is -2.13. The fourth-order valence-corrected chi connectivity index (χ4v) is 3.45. The fraction of sp³-hybridized carbons (Fsp3) is 0.250. The standard InChI is InChI=1S/C20H17ClN2O5/c1-27-16-9-15(17(28-2)8-14(16)21)22-18(24)10-3-6-12-13(7-10)20(26)23(19(12)25)11-4-5-11/h3,6-9,11H,4-5H2,1-2H3,(H,22,24). The van der Waals surface area contributed by atoms with E-state index in [1.807, 2.05) is 0 Å². The smallest absolute Gasteiger partial charge is 0.261 e. The molecule has 28 heavy (non-hydrogen) atoms. The van der Waals surface area contributed by atoms with Gasteiger partial charge in [-0.3, -0.25) is 19.3 Å². The zero-order chi connectivity index (χ0) is 20.0. The van der Waals surface area contributed by atoms with E-state index in [1.165, 1.54) is 43.4 Å². The lowest BCUT2D eigenvalue weighted by molar-refractivity contribution is 0.0642. The van der Waals surface area contributed by atoms with Gasteiger partial charge in [0.1, 0.15) is 11.5 Å². The molecule has 0 bridgehead atoms. The van der Waals surface area contributed by atoms with Crippen molar-refractivity contribution in [2.45, 2.75) is 18.9 Å². The summed E-state index contributed by atoms with van der Waals surface area (Å²) in [5.74, 6) is -0.337. The Hall–Kier alpha value is -3.06. The highest BCUT2D eigenvalue weighted by Gasteiger charge is 2.44. The molecule has 1 N–H and O–H groups in total. The van der Waals surface area contributed by atoms with Gasteiger partial charge in [0.2, 0.25) is 0 Å². The fourth-order valence-electron chi connectivity index (χ4n) is 3.22. The van der Waals surface area contributed by atoms with Crippen molar-refractivity contribution in [3.05, 3.63) is 52.0 Å². The van der Waals surface area contributed by atoms with Gasteiger partial charge in [0.15, 0.2) is 0 Å². The first-order valence-corrected chi connectivity index (χ1v) is 9.07. The van der Waals surface area contributed by atoms with Crippen LogP contribution >= 0.6 is 11.6 Å². The van der Waals surface area contributed by atoms with Gasteiger partial charge in [0, 0.05) is 23.7 Å². The SMILES string of the molecule is COc1cc(NC(=O)c2ccc3c(c2)C(=O)N(C2CC2)C3=O)c(OC)cc1Cl. The summed E-state index contributed by atoms with van der Waals surface area (Å²) < 4.78 is 10.4.